The largest absolute Gasteiger partial charge is 3.00 e. The average Bonchev–Trinajstić information content (AvgIpc) is 2.96. The van der Waals surface area contributed by atoms with Crippen molar-refractivity contribution in [3.05, 3.63) is 144 Å². The Balaban J connectivity index is 0.000000163. The van der Waals surface area contributed by atoms with Gasteiger partial charge in [-0.05, 0) is 32.3 Å². The molecule has 0 N–H and O–H groups in total. The van der Waals surface area contributed by atoms with Crippen LogP contribution in [0.1, 0.15) is 31.1 Å². The number of carbonyl (C=O) groups is 3. The number of carboxylic acid groups (broad SMARTS) is 3. The maximum absolute atomic E-state index is 10.7. The van der Waals surface area contributed by atoms with E-state index in [4.69, 9.17) is 0 Å². The van der Waals surface area contributed by atoms with Crippen molar-refractivity contribution in [2.24, 2.45) is 0 Å². The van der Waals surface area contributed by atoms with Crippen LogP contribution >= 0.6 is 0 Å². The molecule has 0 aliphatic heterocycles. The van der Waals surface area contributed by atoms with Crippen molar-refractivity contribution in [1.29, 1.82) is 0 Å². The predicted molar refractivity (Wildman–Crippen MR) is 151 cm³/mol. The molecule has 0 heterocycles. The topological polar surface area (TPSA) is 120 Å². The summed E-state index contributed by atoms with van der Waals surface area (Å²) in [7, 11) is 0. The number of fused-ring (bicyclic) bond motifs is 3. The Morgan fingerprint density at radius 1 is 0.350 bits per heavy atom. The molecule has 0 aromatic heterocycles. The molecule has 6 aromatic carbocycles. The first-order chi connectivity index (χ1) is 18.9. The zero-order valence-corrected chi connectivity index (χ0v) is 23.6. The summed E-state index contributed by atoms with van der Waals surface area (Å²) in [4.78, 5) is 32.1. The normalized spacial score (nSPS) is 9.90. The molecule has 0 aliphatic carbocycles. The van der Waals surface area contributed by atoms with Crippen LogP contribution in [0.2, 0.25) is 0 Å². The van der Waals surface area contributed by atoms with Gasteiger partial charge in [-0.15, -0.1) is 0 Å². The molecule has 192 valence electrons. The number of carbonyl (C=O) groups excluding carboxylic acids is 3. The summed E-state index contributed by atoms with van der Waals surface area (Å²) in [6.07, 6.45) is 0. The first-order valence-corrected chi connectivity index (χ1v) is 11.9. The second-order valence-corrected chi connectivity index (χ2v) is 8.44. The minimum atomic E-state index is -1.13. The van der Waals surface area contributed by atoms with Gasteiger partial charge in [0.05, 0.1) is 17.9 Å². The summed E-state index contributed by atoms with van der Waals surface area (Å²) in [5.74, 6) is -3.38. The molecule has 0 spiro atoms. The number of hydrogen-bond donors (Lipinski definition) is 0. The fourth-order valence-electron chi connectivity index (χ4n) is 4.21. The van der Waals surface area contributed by atoms with Crippen molar-refractivity contribution in [2.75, 3.05) is 0 Å². The van der Waals surface area contributed by atoms with E-state index in [0.29, 0.717) is 0 Å². The van der Waals surface area contributed by atoms with Gasteiger partial charge in [-0.25, -0.2) is 0 Å². The second kappa shape index (κ2) is 13.8. The van der Waals surface area contributed by atoms with Crippen LogP contribution in [-0.2, 0) is 0 Å². The standard InChI is InChI=1S/3C11H8O2.Ga/c3*12-11(13)10-7-3-5-8-4-1-2-6-9(8)10;/h3*1-7H,(H,12,13);/q;;;+3/p-3. The van der Waals surface area contributed by atoms with Gasteiger partial charge in [-0.3, -0.25) is 0 Å². The zero-order valence-electron chi connectivity index (χ0n) is 21.2. The molecular formula is C33H21GaO6. The summed E-state index contributed by atoms with van der Waals surface area (Å²) in [6, 6.07) is 37.5. The number of hydrogen-bond acceptors (Lipinski definition) is 6. The van der Waals surface area contributed by atoms with Gasteiger partial charge in [0, 0.05) is 16.7 Å². The Kier molecular flexibility index (Phi) is 10.2. The molecule has 0 unspecified atom stereocenters. The van der Waals surface area contributed by atoms with Gasteiger partial charge >= 0.3 is 19.8 Å². The van der Waals surface area contributed by atoms with Crippen LogP contribution in [0.3, 0.4) is 0 Å². The molecule has 0 aliphatic rings. The van der Waals surface area contributed by atoms with Crippen LogP contribution in [0.4, 0.5) is 0 Å². The molecule has 0 radical (unpaired) electrons. The van der Waals surface area contributed by atoms with E-state index in [1.807, 2.05) is 72.8 Å². The molecular weight excluding hydrogens is 562 g/mol. The smallest absolute Gasteiger partial charge is 0.545 e. The van der Waals surface area contributed by atoms with Gasteiger partial charge in [-0.2, -0.15) is 0 Å². The third kappa shape index (κ3) is 6.96. The van der Waals surface area contributed by atoms with Crippen molar-refractivity contribution >= 4 is 70.0 Å². The summed E-state index contributed by atoms with van der Waals surface area (Å²) >= 11 is 0. The van der Waals surface area contributed by atoms with Gasteiger partial charge < -0.3 is 29.7 Å². The molecule has 7 heteroatoms. The molecule has 0 fully saturated rings. The van der Waals surface area contributed by atoms with E-state index in [2.05, 4.69) is 0 Å². The minimum Gasteiger partial charge on any atom is -0.545 e. The Morgan fingerprint density at radius 3 is 0.825 bits per heavy atom. The van der Waals surface area contributed by atoms with E-state index in [0.717, 1.165) is 32.3 Å². The molecule has 0 saturated heterocycles. The molecule has 0 amide bonds. The van der Waals surface area contributed by atoms with Gasteiger partial charge in [-0.1, -0.05) is 127 Å². The monoisotopic (exact) mass is 582 g/mol. The Morgan fingerprint density at radius 2 is 0.575 bits per heavy atom. The molecule has 6 aromatic rings. The molecule has 6 nitrogen and oxygen atoms in total. The number of rotatable bonds is 3. The summed E-state index contributed by atoms with van der Waals surface area (Å²) in [6.45, 7) is 0. The van der Waals surface area contributed by atoms with Crippen molar-refractivity contribution in [1.82, 2.24) is 0 Å². The molecule has 0 saturated carbocycles. The third-order valence-corrected chi connectivity index (χ3v) is 6.03. The van der Waals surface area contributed by atoms with E-state index >= 15 is 0 Å². The quantitative estimate of drug-likeness (QED) is 0.295. The van der Waals surface area contributed by atoms with E-state index in [1.54, 1.807) is 54.6 Å². The first-order valence-electron chi connectivity index (χ1n) is 11.9. The first kappa shape index (κ1) is 29.7. The van der Waals surface area contributed by atoms with Gasteiger partial charge in [0.2, 0.25) is 0 Å². The Labute approximate surface area is 243 Å². The average molecular weight is 583 g/mol. The molecule has 6 rings (SSSR count). The van der Waals surface area contributed by atoms with Crippen LogP contribution in [0.15, 0.2) is 127 Å². The van der Waals surface area contributed by atoms with Crippen molar-refractivity contribution in [3.8, 4) is 0 Å². The van der Waals surface area contributed by atoms with Crippen LogP contribution < -0.4 is 15.3 Å². The zero-order chi connectivity index (χ0) is 27.8. The SMILES string of the molecule is O=C([O-])c1cccc2ccccc12.O=C([O-])c1cccc2ccccc12.O=C([O-])c1cccc2ccccc12.[Ga+3]. The summed E-state index contributed by atoms with van der Waals surface area (Å²) in [5.41, 5.74) is 0.745. The maximum Gasteiger partial charge on any atom is 3.00 e. The van der Waals surface area contributed by atoms with Crippen LogP contribution in [0.25, 0.3) is 32.3 Å². The fraction of sp³-hybridized carbons (Fsp3) is 0. The van der Waals surface area contributed by atoms with Crippen LogP contribution in [0.5, 0.6) is 0 Å². The summed E-state index contributed by atoms with van der Waals surface area (Å²) in [5, 5.41) is 37.1. The van der Waals surface area contributed by atoms with Crippen molar-refractivity contribution in [2.45, 2.75) is 0 Å². The second-order valence-electron chi connectivity index (χ2n) is 8.44. The fourth-order valence-corrected chi connectivity index (χ4v) is 4.21. The van der Waals surface area contributed by atoms with E-state index < -0.39 is 17.9 Å². The number of carboxylic acids is 3. The van der Waals surface area contributed by atoms with E-state index in [-0.39, 0.29) is 36.5 Å². The van der Waals surface area contributed by atoms with E-state index in [9.17, 15) is 29.7 Å². The van der Waals surface area contributed by atoms with Gasteiger partial charge in [0.25, 0.3) is 0 Å². The predicted octanol–water partition coefficient (Wildman–Crippen LogP) is 3.23. The molecule has 40 heavy (non-hydrogen) atoms. The van der Waals surface area contributed by atoms with E-state index in [1.165, 1.54) is 0 Å². The minimum absolute atomic E-state index is 0. The van der Waals surface area contributed by atoms with Gasteiger partial charge in [0.1, 0.15) is 0 Å². The number of aromatic carboxylic acids is 3. The molecule has 0 atom stereocenters. The van der Waals surface area contributed by atoms with Gasteiger partial charge in [0.15, 0.2) is 0 Å². The van der Waals surface area contributed by atoms with Crippen molar-refractivity contribution in [3.63, 3.8) is 0 Å². The maximum atomic E-state index is 10.7. The third-order valence-electron chi connectivity index (χ3n) is 6.03. The number of benzene rings is 6. The van der Waals surface area contributed by atoms with Crippen LogP contribution in [0, 0.1) is 0 Å². The van der Waals surface area contributed by atoms with Crippen molar-refractivity contribution < 1.29 is 29.7 Å². The Hall–Kier alpha value is -4.85. The Bertz CT molecular complexity index is 1580. The molecule has 0 bridgehead atoms. The summed E-state index contributed by atoms with van der Waals surface area (Å²) < 4.78 is 0. The van der Waals surface area contributed by atoms with Crippen LogP contribution in [-0.4, -0.2) is 37.7 Å².